The third-order valence-corrected chi connectivity index (χ3v) is 5.15. The fraction of sp³-hybridized carbons (Fsp3) is 0.632. The van der Waals surface area contributed by atoms with Crippen molar-refractivity contribution < 1.29 is 14.3 Å². The van der Waals surface area contributed by atoms with E-state index in [9.17, 15) is 4.79 Å². The number of urea groups is 1. The molecule has 1 unspecified atom stereocenters. The van der Waals surface area contributed by atoms with Crippen molar-refractivity contribution in [3.05, 3.63) is 29.8 Å². The smallest absolute Gasteiger partial charge is 0.317 e. The van der Waals surface area contributed by atoms with Crippen LogP contribution in [0.4, 0.5) is 4.79 Å². The summed E-state index contributed by atoms with van der Waals surface area (Å²) >= 11 is 0. The Morgan fingerprint density at radius 2 is 2.08 bits per heavy atom. The van der Waals surface area contributed by atoms with Gasteiger partial charge < -0.3 is 19.7 Å². The van der Waals surface area contributed by atoms with Gasteiger partial charge in [0.15, 0.2) is 0 Å². The van der Waals surface area contributed by atoms with Gasteiger partial charge >= 0.3 is 6.03 Å². The maximum atomic E-state index is 12.6. The highest BCUT2D eigenvalue weighted by Crippen LogP contribution is 2.31. The van der Waals surface area contributed by atoms with Gasteiger partial charge in [0.1, 0.15) is 5.75 Å². The third kappa shape index (κ3) is 4.25. The molecule has 2 fully saturated rings. The van der Waals surface area contributed by atoms with Crippen LogP contribution >= 0.6 is 0 Å². The van der Waals surface area contributed by atoms with E-state index in [1.165, 1.54) is 12.8 Å². The first-order valence-corrected chi connectivity index (χ1v) is 9.20. The summed E-state index contributed by atoms with van der Waals surface area (Å²) in [6.45, 7) is 6.60. The highest BCUT2D eigenvalue weighted by molar-refractivity contribution is 5.74. The largest absolute Gasteiger partial charge is 0.496 e. The van der Waals surface area contributed by atoms with E-state index in [-0.39, 0.29) is 18.1 Å². The molecule has 2 heterocycles. The van der Waals surface area contributed by atoms with E-state index in [4.69, 9.17) is 9.47 Å². The minimum Gasteiger partial charge on any atom is -0.496 e. The number of hydrogen-bond donors (Lipinski definition) is 1. The Kier molecular flexibility index (Phi) is 6.15. The number of morpholine rings is 1. The Morgan fingerprint density at radius 1 is 1.32 bits per heavy atom. The Bertz CT molecular complexity index is 575. The zero-order chi connectivity index (χ0) is 17.6. The molecule has 0 aromatic heterocycles. The molecule has 0 saturated carbocycles. The van der Waals surface area contributed by atoms with Crippen LogP contribution in [0.5, 0.6) is 5.75 Å². The molecule has 3 rings (SSSR count). The highest BCUT2D eigenvalue weighted by Gasteiger charge is 2.28. The van der Waals surface area contributed by atoms with Crippen molar-refractivity contribution in [3.63, 3.8) is 0 Å². The van der Waals surface area contributed by atoms with Gasteiger partial charge in [0.25, 0.3) is 0 Å². The van der Waals surface area contributed by atoms with Gasteiger partial charge in [0.2, 0.25) is 0 Å². The monoisotopic (exact) mass is 347 g/mol. The van der Waals surface area contributed by atoms with Gasteiger partial charge in [0.05, 0.1) is 32.4 Å². The molecule has 0 bridgehead atoms. The van der Waals surface area contributed by atoms with Crippen LogP contribution < -0.4 is 10.1 Å². The summed E-state index contributed by atoms with van der Waals surface area (Å²) in [5.41, 5.74) is 1.14. The molecular formula is C19H29N3O3. The van der Waals surface area contributed by atoms with E-state index in [1.807, 2.05) is 30.0 Å². The average Bonchev–Trinajstić information content (AvgIpc) is 3.17. The molecule has 2 saturated heterocycles. The molecule has 2 amide bonds. The second-order valence-electron chi connectivity index (χ2n) is 6.80. The molecule has 1 N–H and O–H groups in total. The summed E-state index contributed by atoms with van der Waals surface area (Å²) in [6, 6.07) is 8.36. The molecule has 1 aromatic rings. The zero-order valence-electron chi connectivity index (χ0n) is 15.2. The molecule has 138 valence electrons. The van der Waals surface area contributed by atoms with Crippen molar-refractivity contribution in [2.24, 2.45) is 0 Å². The lowest BCUT2D eigenvalue weighted by Crippen LogP contribution is -2.52. The van der Waals surface area contributed by atoms with Crippen LogP contribution in [-0.2, 0) is 4.74 Å². The molecule has 25 heavy (non-hydrogen) atoms. The SMILES string of the molecule is COc1ccccc1C(CNC(=O)N1CCOC[C@H]1C)N1CCCC1. The number of methoxy groups -OCH3 is 1. The molecule has 2 atom stereocenters. The number of para-hydroxylation sites is 1. The summed E-state index contributed by atoms with van der Waals surface area (Å²) in [4.78, 5) is 16.9. The van der Waals surface area contributed by atoms with E-state index >= 15 is 0 Å². The Labute approximate surface area is 150 Å². The van der Waals surface area contributed by atoms with Crippen molar-refractivity contribution >= 4 is 6.03 Å². The van der Waals surface area contributed by atoms with Gasteiger partial charge in [-0.25, -0.2) is 4.79 Å². The van der Waals surface area contributed by atoms with Gasteiger partial charge in [-0.1, -0.05) is 18.2 Å². The minimum atomic E-state index is -0.00473. The zero-order valence-corrected chi connectivity index (χ0v) is 15.2. The first kappa shape index (κ1) is 18.0. The van der Waals surface area contributed by atoms with Crippen molar-refractivity contribution in [2.75, 3.05) is 46.5 Å². The van der Waals surface area contributed by atoms with Crippen LogP contribution in [0.2, 0.25) is 0 Å². The van der Waals surface area contributed by atoms with E-state index in [2.05, 4.69) is 16.3 Å². The average molecular weight is 347 g/mol. The van der Waals surface area contributed by atoms with Crippen LogP contribution in [0.1, 0.15) is 31.4 Å². The number of nitrogens with zero attached hydrogens (tertiary/aromatic N) is 2. The van der Waals surface area contributed by atoms with E-state index < -0.39 is 0 Å². The fourth-order valence-electron chi connectivity index (χ4n) is 3.75. The number of benzene rings is 1. The predicted octanol–water partition coefficient (Wildman–Crippen LogP) is 2.26. The van der Waals surface area contributed by atoms with Crippen LogP contribution in [0.15, 0.2) is 24.3 Å². The molecule has 0 spiro atoms. The summed E-state index contributed by atoms with van der Waals surface area (Å²) in [5, 5.41) is 3.14. The van der Waals surface area contributed by atoms with E-state index in [1.54, 1.807) is 7.11 Å². The Balaban J connectivity index is 1.71. The number of carbonyl (C=O) groups excluding carboxylic acids is 1. The molecular weight excluding hydrogens is 318 g/mol. The maximum absolute atomic E-state index is 12.6. The van der Waals surface area contributed by atoms with E-state index in [0.29, 0.717) is 26.3 Å². The minimum absolute atomic E-state index is 0.00473. The van der Waals surface area contributed by atoms with Gasteiger partial charge in [-0.3, -0.25) is 4.90 Å². The van der Waals surface area contributed by atoms with Gasteiger partial charge in [-0.15, -0.1) is 0 Å². The molecule has 1 aromatic carbocycles. The Morgan fingerprint density at radius 3 is 2.80 bits per heavy atom. The normalized spacial score (nSPS) is 22.6. The lowest BCUT2D eigenvalue weighted by molar-refractivity contribution is 0.0187. The Hall–Kier alpha value is -1.79. The van der Waals surface area contributed by atoms with Crippen molar-refractivity contribution in [1.82, 2.24) is 15.1 Å². The second kappa shape index (κ2) is 8.54. The first-order chi connectivity index (χ1) is 12.2. The van der Waals surface area contributed by atoms with Crippen molar-refractivity contribution in [2.45, 2.75) is 31.8 Å². The van der Waals surface area contributed by atoms with E-state index in [0.717, 1.165) is 24.4 Å². The topological polar surface area (TPSA) is 54.0 Å². The first-order valence-electron chi connectivity index (χ1n) is 9.20. The highest BCUT2D eigenvalue weighted by atomic mass is 16.5. The van der Waals surface area contributed by atoms with Crippen molar-refractivity contribution in [3.8, 4) is 5.75 Å². The fourth-order valence-corrected chi connectivity index (χ4v) is 3.75. The van der Waals surface area contributed by atoms with Crippen LogP contribution in [0, 0.1) is 0 Å². The maximum Gasteiger partial charge on any atom is 0.317 e. The molecule has 6 heteroatoms. The van der Waals surface area contributed by atoms with Crippen LogP contribution in [0.3, 0.4) is 0 Å². The number of likely N-dealkylation sites (tertiary alicyclic amines) is 1. The number of amides is 2. The summed E-state index contributed by atoms with van der Waals surface area (Å²) in [7, 11) is 1.70. The number of ether oxygens (including phenoxy) is 2. The summed E-state index contributed by atoms with van der Waals surface area (Å²) in [6.07, 6.45) is 2.42. The number of hydrogen-bond acceptors (Lipinski definition) is 4. The second-order valence-corrected chi connectivity index (χ2v) is 6.80. The standard InChI is InChI=1S/C19H29N3O3/c1-15-14-25-12-11-22(15)19(23)20-13-17(21-9-5-6-10-21)16-7-3-4-8-18(16)24-2/h3-4,7-8,15,17H,5-6,9-14H2,1-2H3,(H,20,23)/t15-,17?/m1/s1. The predicted molar refractivity (Wildman–Crippen MR) is 96.9 cm³/mol. The van der Waals surface area contributed by atoms with Crippen LogP contribution in [-0.4, -0.2) is 68.4 Å². The van der Waals surface area contributed by atoms with Gasteiger partial charge in [0, 0.05) is 18.7 Å². The summed E-state index contributed by atoms with van der Waals surface area (Å²) < 4.78 is 11.0. The van der Waals surface area contributed by atoms with Gasteiger partial charge in [-0.05, 0) is 38.9 Å². The van der Waals surface area contributed by atoms with Gasteiger partial charge in [-0.2, -0.15) is 0 Å². The van der Waals surface area contributed by atoms with Crippen LogP contribution in [0.25, 0.3) is 0 Å². The lowest BCUT2D eigenvalue weighted by Gasteiger charge is -2.35. The number of carbonyl (C=O) groups is 1. The van der Waals surface area contributed by atoms with Crippen molar-refractivity contribution in [1.29, 1.82) is 0 Å². The lowest BCUT2D eigenvalue weighted by atomic mass is 10.0. The molecule has 2 aliphatic heterocycles. The molecule has 2 aliphatic rings. The quantitative estimate of drug-likeness (QED) is 0.888. The molecule has 0 aliphatic carbocycles. The number of nitrogens with one attached hydrogen (secondary N) is 1. The summed E-state index contributed by atoms with van der Waals surface area (Å²) in [5.74, 6) is 0.883. The third-order valence-electron chi connectivity index (χ3n) is 5.15. The molecule has 0 radical (unpaired) electrons. The number of rotatable bonds is 5. The molecule has 6 nitrogen and oxygen atoms in total.